The van der Waals surface area contributed by atoms with Gasteiger partial charge in [-0.15, -0.1) is 0 Å². The summed E-state index contributed by atoms with van der Waals surface area (Å²) < 4.78 is 10.9. The monoisotopic (exact) mass is 533 g/mol. The molecule has 8 nitrogen and oxygen atoms in total. The molecule has 8 heteroatoms. The van der Waals surface area contributed by atoms with Gasteiger partial charge in [0.05, 0.1) is 18.6 Å². The molecule has 3 saturated carbocycles. The van der Waals surface area contributed by atoms with Gasteiger partial charge in [-0.3, -0.25) is 19.2 Å². The molecule has 0 aromatic carbocycles. The Bertz CT molecular complexity index is 978. The van der Waals surface area contributed by atoms with Crippen molar-refractivity contribution in [3.05, 3.63) is 11.6 Å². The van der Waals surface area contributed by atoms with Crippen molar-refractivity contribution >= 4 is 23.6 Å². The van der Waals surface area contributed by atoms with Crippen LogP contribution in [0.5, 0.6) is 0 Å². The summed E-state index contributed by atoms with van der Waals surface area (Å²) >= 11 is 0. The predicted molar refractivity (Wildman–Crippen MR) is 143 cm³/mol. The normalized spacial score (nSPS) is 33.7. The number of rotatable bonds is 7. The molecular weight excluding hydrogens is 486 g/mol. The van der Waals surface area contributed by atoms with E-state index in [0.29, 0.717) is 13.0 Å². The van der Waals surface area contributed by atoms with Gasteiger partial charge in [0.25, 0.3) is 0 Å². The Kier molecular flexibility index (Phi) is 8.86. The van der Waals surface area contributed by atoms with Crippen molar-refractivity contribution in [2.45, 2.75) is 98.7 Å². The molecule has 0 spiro atoms. The lowest BCUT2D eigenvalue weighted by atomic mass is 9.42. The molecule has 0 unspecified atom stereocenters. The van der Waals surface area contributed by atoms with E-state index < -0.39 is 11.6 Å². The molecule has 0 bridgehead atoms. The van der Waals surface area contributed by atoms with Gasteiger partial charge in [0, 0.05) is 37.8 Å². The lowest BCUT2D eigenvalue weighted by Gasteiger charge is -2.62. The maximum absolute atomic E-state index is 13.7. The summed E-state index contributed by atoms with van der Waals surface area (Å²) in [5.41, 5.74) is -0.547. The van der Waals surface area contributed by atoms with Crippen LogP contribution < -0.4 is 0 Å². The van der Waals surface area contributed by atoms with Crippen molar-refractivity contribution < 1.29 is 33.8 Å². The van der Waals surface area contributed by atoms with Crippen LogP contribution in [0.3, 0.4) is 0 Å². The van der Waals surface area contributed by atoms with E-state index in [-0.39, 0.29) is 71.3 Å². The molecule has 3 aliphatic carbocycles. The number of aliphatic hydroxyl groups is 1. The minimum atomic E-state index is -1.12. The minimum Gasteiger partial charge on any atom is -0.464 e. The van der Waals surface area contributed by atoms with Gasteiger partial charge in [-0.1, -0.05) is 33.3 Å². The first-order valence-electron chi connectivity index (χ1n) is 14.0. The van der Waals surface area contributed by atoms with Crippen LogP contribution >= 0.6 is 0 Å². The quantitative estimate of drug-likeness (QED) is 0.388. The van der Waals surface area contributed by atoms with Gasteiger partial charge in [-0.05, 0) is 62.7 Å². The summed E-state index contributed by atoms with van der Waals surface area (Å²) in [6.45, 7) is 13.6. The average Bonchev–Trinajstić information content (AvgIpc) is 2.77. The van der Waals surface area contributed by atoms with Crippen LogP contribution in [0, 0.1) is 34.5 Å². The second kappa shape index (κ2) is 11.1. The third-order valence-corrected chi connectivity index (χ3v) is 9.66. The molecule has 1 N–H and O–H groups in total. The lowest BCUT2D eigenvalue weighted by Crippen LogP contribution is -2.60. The number of esters is 2. The van der Waals surface area contributed by atoms with Crippen LogP contribution in [0.25, 0.3) is 0 Å². The fourth-order valence-electron chi connectivity index (χ4n) is 7.56. The highest BCUT2D eigenvalue weighted by Crippen LogP contribution is 2.64. The first-order valence-corrected chi connectivity index (χ1v) is 14.0. The number of Topliss-reactive ketones (excluding diaryl/α,β-unsaturated/α-hetero) is 1. The maximum Gasteiger partial charge on any atom is 0.308 e. The molecule has 214 valence electrons. The van der Waals surface area contributed by atoms with Crippen molar-refractivity contribution in [3.8, 4) is 0 Å². The summed E-state index contributed by atoms with van der Waals surface area (Å²) in [5, 5.41) is 10.0. The number of amides is 1. The van der Waals surface area contributed by atoms with Gasteiger partial charge < -0.3 is 19.5 Å². The molecule has 0 heterocycles. The van der Waals surface area contributed by atoms with E-state index in [1.165, 1.54) is 11.8 Å². The van der Waals surface area contributed by atoms with Crippen molar-refractivity contribution in [2.24, 2.45) is 34.5 Å². The average molecular weight is 534 g/mol. The van der Waals surface area contributed by atoms with E-state index in [1.807, 2.05) is 0 Å². The van der Waals surface area contributed by atoms with Gasteiger partial charge in [0.1, 0.15) is 18.5 Å². The van der Waals surface area contributed by atoms with Crippen molar-refractivity contribution in [1.82, 2.24) is 4.90 Å². The standard InChI is InChI=1S/C30H47NO7/c1-18-20(15-25(34)31(8)13-14-37-19(2)32)9-10-21-27(18)22(33)16-23-29(5,6)24(11-12-30(21,23)7)38-26(35)17-28(3,4)36/h15,18,21,23-24,27,36H,9-14,16-17H2,1-8H3/b20-15+/t18-,21+,23-,24-,27-,30+/m0/s1. The summed E-state index contributed by atoms with van der Waals surface area (Å²) in [6.07, 6.45) is 5.00. The Morgan fingerprint density at radius 2 is 1.84 bits per heavy atom. The molecule has 3 fully saturated rings. The third kappa shape index (κ3) is 6.32. The van der Waals surface area contributed by atoms with Gasteiger partial charge in [-0.25, -0.2) is 0 Å². The predicted octanol–water partition coefficient (Wildman–Crippen LogP) is 4.08. The van der Waals surface area contributed by atoms with Gasteiger partial charge in [0.15, 0.2) is 0 Å². The number of ether oxygens (including phenoxy) is 2. The number of carbonyl (C=O) groups excluding carboxylic acids is 4. The Hall–Kier alpha value is -2.22. The number of carbonyl (C=O) groups is 4. The first kappa shape index (κ1) is 30.3. The highest BCUT2D eigenvalue weighted by atomic mass is 16.5. The van der Waals surface area contributed by atoms with Crippen LogP contribution in [-0.2, 0) is 28.7 Å². The fourth-order valence-corrected chi connectivity index (χ4v) is 7.56. The molecular formula is C30H47NO7. The highest BCUT2D eigenvalue weighted by Gasteiger charge is 2.62. The molecule has 3 aliphatic rings. The summed E-state index contributed by atoms with van der Waals surface area (Å²) in [7, 11) is 1.69. The maximum atomic E-state index is 13.7. The molecule has 38 heavy (non-hydrogen) atoms. The number of fused-ring (bicyclic) bond motifs is 3. The van der Waals surface area contributed by atoms with E-state index in [1.54, 1.807) is 27.0 Å². The van der Waals surface area contributed by atoms with Crippen molar-refractivity contribution in [2.75, 3.05) is 20.2 Å². The topological polar surface area (TPSA) is 110 Å². The number of allylic oxidation sites excluding steroid dienone is 1. The zero-order chi connectivity index (χ0) is 28.6. The SMILES string of the molecule is CC(=O)OCCN(C)C(=O)/C=C1\CC[C@@H]2[C@@H](C(=O)C[C@H]3C(C)(C)[C@@H](OC(=O)CC(C)(C)O)CC[C@]23C)[C@H]1C. The zero-order valence-electron chi connectivity index (χ0n) is 24.5. The number of hydrogen-bond acceptors (Lipinski definition) is 7. The molecule has 0 aromatic rings. The number of nitrogens with zero attached hydrogens (tertiary/aromatic N) is 1. The molecule has 0 saturated heterocycles. The second-order valence-electron chi connectivity index (χ2n) is 13.3. The summed E-state index contributed by atoms with van der Waals surface area (Å²) in [5.74, 6) is -0.516. The van der Waals surface area contributed by atoms with Gasteiger partial charge in [-0.2, -0.15) is 0 Å². The molecule has 0 aliphatic heterocycles. The fraction of sp³-hybridized carbons (Fsp3) is 0.800. The van der Waals surface area contributed by atoms with Crippen LogP contribution in [0.4, 0.5) is 0 Å². The number of hydrogen-bond donors (Lipinski definition) is 1. The largest absolute Gasteiger partial charge is 0.464 e. The van der Waals surface area contributed by atoms with E-state index in [2.05, 4.69) is 27.7 Å². The minimum absolute atomic E-state index is 0.0182. The number of likely N-dealkylation sites (N-methyl/N-ethyl adjacent to an activating group) is 1. The zero-order valence-corrected chi connectivity index (χ0v) is 24.5. The van der Waals surface area contributed by atoms with Crippen LogP contribution in [0.15, 0.2) is 11.6 Å². The second-order valence-corrected chi connectivity index (χ2v) is 13.3. The Balaban J connectivity index is 1.75. The summed E-state index contributed by atoms with van der Waals surface area (Å²) in [4.78, 5) is 51.6. The Labute approximate surface area is 227 Å². The van der Waals surface area contributed by atoms with Crippen molar-refractivity contribution in [1.29, 1.82) is 0 Å². The van der Waals surface area contributed by atoms with E-state index >= 15 is 0 Å². The molecule has 3 rings (SSSR count). The van der Waals surface area contributed by atoms with Crippen LogP contribution in [-0.4, -0.2) is 65.5 Å². The molecule has 1 amide bonds. The van der Waals surface area contributed by atoms with Crippen molar-refractivity contribution in [3.63, 3.8) is 0 Å². The molecule has 0 aromatic heterocycles. The van der Waals surface area contributed by atoms with Gasteiger partial charge in [0.2, 0.25) is 5.91 Å². The molecule has 0 radical (unpaired) electrons. The smallest absolute Gasteiger partial charge is 0.308 e. The van der Waals surface area contributed by atoms with Gasteiger partial charge >= 0.3 is 11.9 Å². The van der Waals surface area contributed by atoms with Crippen LogP contribution in [0.1, 0.15) is 87.0 Å². The highest BCUT2D eigenvalue weighted by molar-refractivity contribution is 5.89. The van der Waals surface area contributed by atoms with E-state index in [9.17, 15) is 24.3 Å². The van der Waals surface area contributed by atoms with E-state index in [4.69, 9.17) is 9.47 Å². The summed E-state index contributed by atoms with van der Waals surface area (Å²) in [6, 6.07) is 0. The Morgan fingerprint density at radius 3 is 2.45 bits per heavy atom. The first-order chi connectivity index (χ1) is 17.5. The third-order valence-electron chi connectivity index (χ3n) is 9.66. The molecule has 6 atom stereocenters. The van der Waals surface area contributed by atoms with Crippen LogP contribution in [0.2, 0.25) is 0 Å². The van der Waals surface area contributed by atoms with E-state index in [0.717, 1.165) is 31.3 Å². The number of ketones is 1. The lowest BCUT2D eigenvalue weighted by molar-refractivity contribution is -0.191. The Morgan fingerprint density at radius 1 is 1.18 bits per heavy atom.